The highest BCUT2D eigenvalue weighted by atomic mass is 19.1. The van der Waals surface area contributed by atoms with Crippen molar-refractivity contribution in [2.45, 2.75) is 18.8 Å². The largest absolute Gasteiger partial charge is 0.358 e. The average molecular weight is 340 g/mol. The molecule has 1 aliphatic heterocycles. The number of carbonyl (C=O) groups excluding carboxylic acids is 1. The first kappa shape index (κ1) is 15.8. The Labute approximate surface area is 144 Å². The number of carbonyl (C=O) groups is 1. The monoisotopic (exact) mass is 340 g/mol. The van der Waals surface area contributed by atoms with Crippen molar-refractivity contribution in [2.24, 2.45) is 0 Å². The highest BCUT2D eigenvalue weighted by molar-refractivity contribution is 5.94. The molecule has 128 valence electrons. The van der Waals surface area contributed by atoms with Crippen LogP contribution in [0.25, 0.3) is 10.9 Å². The van der Waals surface area contributed by atoms with E-state index < -0.39 is 5.82 Å². The molecule has 0 saturated carbocycles. The van der Waals surface area contributed by atoms with Crippen molar-refractivity contribution in [1.29, 1.82) is 0 Å². The van der Waals surface area contributed by atoms with Crippen LogP contribution in [0.1, 0.15) is 34.8 Å². The summed E-state index contributed by atoms with van der Waals surface area (Å²) in [7, 11) is 0. The van der Waals surface area contributed by atoms with E-state index in [9.17, 15) is 13.6 Å². The standard InChI is InChI=1S/C20H18F2N2O/c21-15-5-6-18-14(11-15)12-19(23-18)13-7-9-24(10-8-13)20(25)16-3-1-2-4-17(16)22/h1-6,11-13,23H,7-10H2. The first-order chi connectivity index (χ1) is 12.1. The van der Waals surface area contributed by atoms with Crippen LogP contribution >= 0.6 is 0 Å². The maximum atomic E-state index is 13.8. The second-order valence-electron chi connectivity index (χ2n) is 6.50. The summed E-state index contributed by atoms with van der Waals surface area (Å²) in [5.41, 5.74) is 2.11. The number of piperidine rings is 1. The minimum absolute atomic E-state index is 0.127. The summed E-state index contributed by atoms with van der Waals surface area (Å²) in [5.74, 6) is -0.689. The van der Waals surface area contributed by atoms with Gasteiger partial charge in [0, 0.05) is 35.6 Å². The van der Waals surface area contributed by atoms with E-state index >= 15 is 0 Å². The first-order valence-corrected chi connectivity index (χ1v) is 8.44. The van der Waals surface area contributed by atoms with Crippen LogP contribution in [0.2, 0.25) is 0 Å². The van der Waals surface area contributed by atoms with E-state index in [-0.39, 0.29) is 17.3 Å². The Kier molecular flexibility index (Phi) is 3.99. The van der Waals surface area contributed by atoms with E-state index in [1.165, 1.54) is 24.3 Å². The van der Waals surface area contributed by atoms with Gasteiger partial charge in [0.1, 0.15) is 11.6 Å². The van der Waals surface area contributed by atoms with Gasteiger partial charge >= 0.3 is 0 Å². The molecule has 3 aromatic rings. The molecule has 1 aliphatic rings. The molecular formula is C20H18F2N2O. The van der Waals surface area contributed by atoms with Crippen LogP contribution in [-0.2, 0) is 0 Å². The third-order valence-corrected chi connectivity index (χ3v) is 4.93. The second kappa shape index (κ2) is 6.31. The van der Waals surface area contributed by atoms with Crippen LogP contribution in [0.4, 0.5) is 8.78 Å². The fraction of sp³-hybridized carbons (Fsp3) is 0.250. The van der Waals surface area contributed by atoms with Crippen molar-refractivity contribution in [3.05, 3.63) is 71.4 Å². The molecule has 1 amide bonds. The minimum Gasteiger partial charge on any atom is -0.358 e. The molecule has 1 aromatic heterocycles. The number of nitrogens with zero attached hydrogens (tertiary/aromatic N) is 1. The molecule has 2 aromatic carbocycles. The zero-order valence-corrected chi connectivity index (χ0v) is 13.6. The Balaban J connectivity index is 1.47. The number of rotatable bonds is 2. The molecule has 0 radical (unpaired) electrons. The molecule has 2 heterocycles. The summed E-state index contributed by atoms with van der Waals surface area (Å²) in [6.45, 7) is 1.17. The van der Waals surface area contributed by atoms with E-state index in [1.807, 2.05) is 6.07 Å². The minimum atomic E-state index is -0.479. The van der Waals surface area contributed by atoms with Gasteiger partial charge < -0.3 is 9.88 Å². The topological polar surface area (TPSA) is 36.1 Å². The molecule has 0 spiro atoms. The Morgan fingerprint density at radius 3 is 2.56 bits per heavy atom. The Morgan fingerprint density at radius 2 is 1.80 bits per heavy atom. The van der Waals surface area contributed by atoms with E-state index in [0.29, 0.717) is 19.0 Å². The lowest BCUT2D eigenvalue weighted by Crippen LogP contribution is -2.38. The smallest absolute Gasteiger partial charge is 0.256 e. The van der Waals surface area contributed by atoms with Gasteiger partial charge in [0.05, 0.1) is 5.56 Å². The number of amides is 1. The fourth-order valence-corrected chi connectivity index (χ4v) is 3.54. The molecule has 1 fully saturated rings. The van der Waals surface area contributed by atoms with E-state index in [0.717, 1.165) is 29.4 Å². The molecule has 0 bridgehead atoms. The van der Waals surface area contributed by atoms with Crippen molar-refractivity contribution in [3.8, 4) is 0 Å². The van der Waals surface area contributed by atoms with Crippen molar-refractivity contribution in [3.63, 3.8) is 0 Å². The second-order valence-corrected chi connectivity index (χ2v) is 6.50. The molecule has 25 heavy (non-hydrogen) atoms. The number of nitrogens with one attached hydrogen (secondary N) is 1. The van der Waals surface area contributed by atoms with Crippen molar-refractivity contribution in [1.82, 2.24) is 9.88 Å². The molecule has 3 nitrogen and oxygen atoms in total. The van der Waals surface area contributed by atoms with Gasteiger partial charge in [-0.2, -0.15) is 0 Å². The lowest BCUT2D eigenvalue weighted by molar-refractivity contribution is 0.0707. The van der Waals surface area contributed by atoms with Gasteiger partial charge in [0.25, 0.3) is 5.91 Å². The van der Waals surface area contributed by atoms with Gasteiger partial charge in [-0.3, -0.25) is 4.79 Å². The maximum absolute atomic E-state index is 13.8. The van der Waals surface area contributed by atoms with Gasteiger partial charge in [-0.1, -0.05) is 12.1 Å². The lowest BCUT2D eigenvalue weighted by atomic mass is 9.93. The van der Waals surface area contributed by atoms with Gasteiger partial charge in [-0.25, -0.2) is 8.78 Å². The summed E-state index contributed by atoms with van der Waals surface area (Å²) in [6, 6.07) is 12.8. The predicted molar refractivity (Wildman–Crippen MR) is 92.5 cm³/mol. The Hall–Kier alpha value is -2.69. The van der Waals surface area contributed by atoms with Crippen molar-refractivity contribution < 1.29 is 13.6 Å². The molecular weight excluding hydrogens is 322 g/mol. The molecule has 0 unspecified atom stereocenters. The van der Waals surface area contributed by atoms with Crippen LogP contribution in [0.3, 0.4) is 0 Å². The lowest BCUT2D eigenvalue weighted by Gasteiger charge is -2.31. The molecule has 0 aliphatic carbocycles. The van der Waals surface area contributed by atoms with Gasteiger partial charge in [-0.15, -0.1) is 0 Å². The molecule has 4 rings (SSSR count). The highest BCUT2D eigenvalue weighted by Crippen LogP contribution is 2.30. The molecule has 1 saturated heterocycles. The highest BCUT2D eigenvalue weighted by Gasteiger charge is 2.26. The number of H-pyrrole nitrogens is 1. The third kappa shape index (κ3) is 3.02. The van der Waals surface area contributed by atoms with Crippen LogP contribution in [0.15, 0.2) is 48.5 Å². The van der Waals surface area contributed by atoms with Gasteiger partial charge in [0.15, 0.2) is 0 Å². The summed E-state index contributed by atoms with van der Waals surface area (Å²) >= 11 is 0. The summed E-state index contributed by atoms with van der Waals surface area (Å²) < 4.78 is 27.1. The zero-order chi connectivity index (χ0) is 17.4. The summed E-state index contributed by atoms with van der Waals surface area (Å²) in [6.07, 6.45) is 1.60. The zero-order valence-electron chi connectivity index (χ0n) is 13.6. The predicted octanol–water partition coefficient (Wildman–Crippen LogP) is 4.47. The normalized spacial score (nSPS) is 15.7. The number of hydrogen-bond donors (Lipinski definition) is 1. The number of likely N-dealkylation sites (tertiary alicyclic amines) is 1. The fourth-order valence-electron chi connectivity index (χ4n) is 3.54. The maximum Gasteiger partial charge on any atom is 0.256 e. The SMILES string of the molecule is O=C(c1ccccc1F)N1CCC(c2cc3cc(F)ccc3[nH]2)CC1. The van der Waals surface area contributed by atoms with Gasteiger partial charge in [-0.05, 0) is 49.2 Å². The van der Waals surface area contributed by atoms with Crippen LogP contribution in [0.5, 0.6) is 0 Å². The quantitative estimate of drug-likeness (QED) is 0.734. The summed E-state index contributed by atoms with van der Waals surface area (Å²) in [4.78, 5) is 17.5. The number of fused-ring (bicyclic) bond motifs is 1. The van der Waals surface area contributed by atoms with Crippen molar-refractivity contribution in [2.75, 3.05) is 13.1 Å². The number of aromatic amines is 1. The van der Waals surface area contributed by atoms with Gasteiger partial charge in [0.2, 0.25) is 0 Å². The third-order valence-electron chi connectivity index (χ3n) is 4.93. The Bertz CT molecular complexity index is 926. The molecule has 1 N–H and O–H groups in total. The van der Waals surface area contributed by atoms with Crippen LogP contribution in [-0.4, -0.2) is 28.9 Å². The van der Waals surface area contributed by atoms with E-state index in [2.05, 4.69) is 4.98 Å². The van der Waals surface area contributed by atoms with Crippen LogP contribution in [0, 0.1) is 11.6 Å². The molecule has 0 atom stereocenters. The number of hydrogen-bond acceptors (Lipinski definition) is 1. The van der Waals surface area contributed by atoms with Crippen molar-refractivity contribution >= 4 is 16.8 Å². The number of aromatic nitrogens is 1. The Morgan fingerprint density at radius 1 is 1.04 bits per heavy atom. The number of benzene rings is 2. The molecule has 5 heteroatoms. The number of halogens is 2. The average Bonchev–Trinajstić information content (AvgIpc) is 3.05. The summed E-state index contributed by atoms with van der Waals surface area (Å²) in [5, 5.41) is 0.861. The van der Waals surface area contributed by atoms with E-state index in [1.54, 1.807) is 23.1 Å². The van der Waals surface area contributed by atoms with E-state index in [4.69, 9.17) is 0 Å². The van der Waals surface area contributed by atoms with Crippen LogP contribution < -0.4 is 0 Å². The first-order valence-electron chi connectivity index (χ1n) is 8.44.